The molecule has 1 aliphatic rings. The molecule has 2 heterocycles. The van der Waals surface area contributed by atoms with Gasteiger partial charge in [-0.25, -0.2) is 0 Å². The molecule has 19 heavy (non-hydrogen) atoms. The summed E-state index contributed by atoms with van der Waals surface area (Å²) in [6, 6.07) is 0. The zero-order valence-electron chi connectivity index (χ0n) is 11.4. The van der Waals surface area contributed by atoms with Crippen LogP contribution in [0.3, 0.4) is 0 Å². The minimum atomic E-state index is 0.204. The molecule has 2 rings (SSSR count). The Balaban J connectivity index is 1.68. The second kappa shape index (κ2) is 7.41. The van der Waals surface area contributed by atoms with E-state index in [0.717, 1.165) is 42.4 Å². The number of aryl methyl sites for hydroxylation is 1. The smallest absolute Gasteiger partial charge is 0.174 e. The molecule has 0 unspecified atom stereocenters. The molecule has 0 radical (unpaired) electrons. The first-order valence-electron chi connectivity index (χ1n) is 7.03. The van der Waals surface area contributed by atoms with Gasteiger partial charge in [-0.1, -0.05) is 24.4 Å². The van der Waals surface area contributed by atoms with Crippen molar-refractivity contribution in [3.63, 3.8) is 0 Å². The lowest BCUT2D eigenvalue weighted by atomic mass is 9.93. The molecule has 0 aliphatic carbocycles. The van der Waals surface area contributed by atoms with Crippen molar-refractivity contribution in [3.8, 4) is 0 Å². The molecule has 1 aliphatic heterocycles. The molecular formula is C15H21ClO2S. The summed E-state index contributed by atoms with van der Waals surface area (Å²) in [7, 11) is 0. The van der Waals surface area contributed by atoms with Crippen LogP contribution >= 0.6 is 22.9 Å². The second-order valence-corrected chi connectivity index (χ2v) is 6.54. The van der Waals surface area contributed by atoms with Crippen LogP contribution in [0.5, 0.6) is 0 Å². The van der Waals surface area contributed by atoms with E-state index in [1.807, 2.05) is 12.3 Å². The first kappa shape index (κ1) is 15.0. The third-order valence-electron chi connectivity index (χ3n) is 3.76. The predicted molar refractivity (Wildman–Crippen MR) is 80.4 cm³/mol. The van der Waals surface area contributed by atoms with Crippen LogP contribution in [0.1, 0.15) is 53.8 Å². The number of rotatable bonds is 6. The van der Waals surface area contributed by atoms with Crippen LogP contribution in [0, 0.1) is 12.8 Å². The van der Waals surface area contributed by atoms with Crippen LogP contribution in [0.15, 0.2) is 5.38 Å². The van der Waals surface area contributed by atoms with Gasteiger partial charge in [0, 0.05) is 19.6 Å². The number of unbranched alkanes of at least 4 members (excludes halogenated alkanes) is 1. The lowest BCUT2D eigenvalue weighted by Gasteiger charge is -2.21. The van der Waals surface area contributed by atoms with Crippen molar-refractivity contribution in [1.29, 1.82) is 0 Å². The predicted octanol–water partition coefficient (Wildman–Crippen LogP) is 4.88. The maximum Gasteiger partial charge on any atom is 0.174 e. The summed E-state index contributed by atoms with van der Waals surface area (Å²) in [6.07, 6.45) is 6.34. The Morgan fingerprint density at radius 2 is 2.16 bits per heavy atom. The first-order valence-corrected chi connectivity index (χ1v) is 8.28. The minimum absolute atomic E-state index is 0.204. The van der Waals surface area contributed by atoms with Crippen LogP contribution in [0.25, 0.3) is 0 Å². The van der Waals surface area contributed by atoms with Crippen LogP contribution in [0.2, 0.25) is 5.02 Å². The van der Waals surface area contributed by atoms with Gasteiger partial charge >= 0.3 is 0 Å². The van der Waals surface area contributed by atoms with Gasteiger partial charge in [-0.15, -0.1) is 11.3 Å². The van der Waals surface area contributed by atoms with E-state index < -0.39 is 0 Å². The van der Waals surface area contributed by atoms with E-state index in [1.54, 1.807) is 0 Å². The number of thiophene rings is 1. The summed E-state index contributed by atoms with van der Waals surface area (Å²) in [6.45, 7) is 3.77. The van der Waals surface area contributed by atoms with Crippen LogP contribution in [-0.2, 0) is 4.74 Å². The molecule has 0 atom stereocenters. The van der Waals surface area contributed by atoms with Crippen molar-refractivity contribution in [2.45, 2.75) is 45.4 Å². The molecule has 106 valence electrons. The van der Waals surface area contributed by atoms with Gasteiger partial charge in [0.2, 0.25) is 0 Å². The van der Waals surface area contributed by atoms with Gasteiger partial charge in [-0.2, -0.15) is 0 Å². The first-order chi connectivity index (χ1) is 9.18. The third-order valence-corrected chi connectivity index (χ3v) is 5.50. The molecule has 1 aromatic heterocycles. The number of hydrogen-bond acceptors (Lipinski definition) is 3. The Bertz CT molecular complexity index is 422. The number of ketones is 1. The number of carbonyl (C=O) groups excluding carboxylic acids is 1. The normalized spacial score (nSPS) is 16.7. The fourth-order valence-corrected chi connectivity index (χ4v) is 3.75. The molecular weight excluding hydrogens is 280 g/mol. The quantitative estimate of drug-likeness (QED) is 0.553. The number of halogens is 1. The highest BCUT2D eigenvalue weighted by molar-refractivity contribution is 7.13. The summed E-state index contributed by atoms with van der Waals surface area (Å²) in [5.74, 6) is 1.01. The second-order valence-electron chi connectivity index (χ2n) is 5.29. The van der Waals surface area contributed by atoms with Crippen molar-refractivity contribution in [3.05, 3.63) is 20.8 Å². The maximum atomic E-state index is 12.0. The van der Waals surface area contributed by atoms with Crippen molar-refractivity contribution >= 4 is 28.7 Å². The molecule has 1 fully saturated rings. The average molecular weight is 301 g/mol. The monoisotopic (exact) mass is 300 g/mol. The third kappa shape index (κ3) is 4.30. The molecule has 0 N–H and O–H groups in total. The molecule has 0 spiro atoms. The molecule has 0 saturated carbocycles. The summed E-state index contributed by atoms with van der Waals surface area (Å²) in [4.78, 5) is 12.8. The molecule has 4 heteroatoms. The van der Waals surface area contributed by atoms with E-state index in [1.165, 1.54) is 30.6 Å². The standard InChI is InChI=1S/C15H21ClO2S/c1-11-10-19-15(14(11)16)13(17)5-3-2-4-12-6-8-18-9-7-12/h10,12H,2-9H2,1H3. The molecule has 0 aromatic carbocycles. The van der Waals surface area contributed by atoms with E-state index in [0.29, 0.717) is 11.4 Å². The molecule has 0 bridgehead atoms. The highest BCUT2D eigenvalue weighted by atomic mass is 35.5. The van der Waals surface area contributed by atoms with Crippen LogP contribution in [0.4, 0.5) is 0 Å². The van der Waals surface area contributed by atoms with Crippen LogP contribution in [-0.4, -0.2) is 19.0 Å². The van der Waals surface area contributed by atoms with Gasteiger partial charge in [0.05, 0.1) is 9.90 Å². The zero-order valence-corrected chi connectivity index (χ0v) is 13.0. The van der Waals surface area contributed by atoms with Gasteiger partial charge in [-0.05, 0) is 43.0 Å². The van der Waals surface area contributed by atoms with Gasteiger partial charge in [0.25, 0.3) is 0 Å². The largest absolute Gasteiger partial charge is 0.381 e. The number of ether oxygens (including phenoxy) is 1. The Kier molecular flexibility index (Phi) is 5.86. The van der Waals surface area contributed by atoms with Gasteiger partial charge in [-0.3, -0.25) is 4.79 Å². The lowest BCUT2D eigenvalue weighted by Crippen LogP contribution is -2.15. The van der Waals surface area contributed by atoms with Crippen LogP contribution < -0.4 is 0 Å². The maximum absolute atomic E-state index is 12.0. The number of Topliss-reactive ketones (excluding diaryl/α,β-unsaturated/α-hetero) is 1. The molecule has 0 amide bonds. The Labute approximate surface area is 124 Å². The molecule has 1 saturated heterocycles. The number of carbonyl (C=O) groups is 1. The highest BCUT2D eigenvalue weighted by Crippen LogP contribution is 2.29. The minimum Gasteiger partial charge on any atom is -0.381 e. The van der Waals surface area contributed by atoms with Crippen molar-refractivity contribution in [2.75, 3.05) is 13.2 Å². The highest BCUT2D eigenvalue weighted by Gasteiger charge is 2.16. The zero-order chi connectivity index (χ0) is 13.7. The van der Waals surface area contributed by atoms with Crippen molar-refractivity contribution < 1.29 is 9.53 Å². The Morgan fingerprint density at radius 3 is 2.79 bits per heavy atom. The summed E-state index contributed by atoms with van der Waals surface area (Å²) < 4.78 is 5.35. The lowest BCUT2D eigenvalue weighted by molar-refractivity contribution is 0.0630. The van der Waals surface area contributed by atoms with Gasteiger partial charge in [0.1, 0.15) is 0 Å². The SMILES string of the molecule is Cc1csc(C(=O)CCCCC2CCOCC2)c1Cl. The van der Waals surface area contributed by atoms with E-state index >= 15 is 0 Å². The summed E-state index contributed by atoms with van der Waals surface area (Å²) >= 11 is 7.59. The molecule has 2 nitrogen and oxygen atoms in total. The Morgan fingerprint density at radius 1 is 1.42 bits per heavy atom. The van der Waals surface area contributed by atoms with E-state index in [-0.39, 0.29) is 5.78 Å². The average Bonchev–Trinajstić information content (AvgIpc) is 2.76. The molecule has 1 aromatic rings. The van der Waals surface area contributed by atoms with E-state index in [4.69, 9.17) is 16.3 Å². The fraction of sp³-hybridized carbons (Fsp3) is 0.667. The van der Waals surface area contributed by atoms with Gasteiger partial charge < -0.3 is 4.74 Å². The summed E-state index contributed by atoms with van der Waals surface area (Å²) in [5.41, 5.74) is 1.01. The Hall–Kier alpha value is -0.380. The fourth-order valence-electron chi connectivity index (χ4n) is 2.49. The van der Waals surface area contributed by atoms with Gasteiger partial charge in [0.15, 0.2) is 5.78 Å². The van der Waals surface area contributed by atoms with Crippen molar-refractivity contribution in [1.82, 2.24) is 0 Å². The topological polar surface area (TPSA) is 26.3 Å². The van der Waals surface area contributed by atoms with Crippen molar-refractivity contribution in [2.24, 2.45) is 5.92 Å². The van der Waals surface area contributed by atoms with E-state index in [9.17, 15) is 4.79 Å². The summed E-state index contributed by atoms with van der Waals surface area (Å²) in [5, 5.41) is 2.61. The van der Waals surface area contributed by atoms with E-state index in [2.05, 4.69) is 0 Å². The number of hydrogen-bond donors (Lipinski definition) is 0.